The van der Waals surface area contributed by atoms with E-state index in [9.17, 15) is 4.79 Å². The standard InChI is InChI=1S/C13H11BrClNOS/c1-8(9-4-5-18-7-9)16-13(17)11-6-10(15)2-3-12(11)14/h2-8H,1H3,(H,16,17). The lowest BCUT2D eigenvalue weighted by Crippen LogP contribution is -2.26. The molecular weight excluding hydrogens is 334 g/mol. The van der Waals surface area contributed by atoms with E-state index in [0.717, 1.165) is 10.0 Å². The van der Waals surface area contributed by atoms with Crippen LogP contribution >= 0.6 is 38.9 Å². The highest BCUT2D eigenvalue weighted by Crippen LogP contribution is 2.22. The van der Waals surface area contributed by atoms with E-state index >= 15 is 0 Å². The van der Waals surface area contributed by atoms with E-state index < -0.39 is 0 Å². The first-order valence-electron chi connectivity index (χ1n) is 5.36. The molecule has 1 atom stereocenters. The fourth-order valence-corrected chi connectivity index (χ4v) is 2.90. The molecule has 1 amide bonds. The second kappa shape index (κ2) is 5.87. The van der Waals surface area contributed by atoms with Gasteiger partial charge in [-0.15, -0.1) is 0 Å². The number of carbonyl (C=O) groups excluding carboxylic acids is 1. The molecule has 0 saturated heterocycles. The van der Waals surface area contributed by atoms with Crippen molar-refractivity contribution in [2.24, 2.45) is 0 Å². The number of hydrogen-bond donors (Lipinski definition) is 1. The number of rotatable bonds is 3. The summed E-state index contributed by atoms with van der Waals surface area (Å²) in [5.41, 5.74) is 1.65. The summed E-state index contributed by atoms with van der Waals surface area (Å²) < 4.78 is 0.738. The Morgan fingerprint density at radius 3 is 2.89 bits per heavy atom. The van der Waals surface area contributed by atoms with Crippen molar-refractivity contribution in [1.82, 2.24) is 5.32 Å². The maximum atomic E-state index is 12.1. The van der Waals surface area contributed by atoms with Crippen LogP contribution in [0.25, 0.3) is 0 Å². The lowest BCUT2D eigenvalue weighted by Gasteiger charge is -2.13. The lowest BCUT2D eigenvalue weighted by molar-refractivity contribution is 0.0939. The summed E-state index contributed by atoms with van der Waals surface area (Å²) in [6.45, 7) is 1.96. The van der Waals surface area contributed by atoms with Crippen LogP contribution in [0, 0.1) is 0 Å². The summed E-state index contributed by atoms with van der Waals surface area (Å²) in [5, 5.41) is 7.51. The molecule has 0 aliphatic heterocycles. The molecule has 0 fully saturated rings. The predicted octanol–water partition coefficient (Wildman–Crippen LogP) is 4.66. The summed E-state index contributed by atoms with van der Waals surface area (Å²) in [4.78, 5) is 12.1. The second-order valence-electron chi connectivity index (χ2n) is 3.88. The van der Waals surface area contributed by atoms with Gasteiger partial charge in [-0.05, 0) is 63.4 Å². The van der Waals surface area contributed by atoms with Crippen molar-refractivity contribution in [2.75, 3.05) is 0 Å². The van der Waals surface area contributed by atoms with E-state index in [2.05, 4.69) is 21.2 Å². The number of benzene rings is 1. The molecule has 0 aliphatic rings. The average Bonchev–Trinajstić information content (AvgIpc) is 2.85. The van der Waals surface area contributed by atoms with Crippen molar-refractivity contribution in [1.29, 1.82) is 0 Å². The molecule has 2 nitrogen and oxygen atoms in total. The predicted molar refractivity (Wildman–Crippen MR) is 79.4 cm³/mol. The Kier molecular flexibility index (Phi) is 4.43. The van der Waals surface area contributed by atoms with Crippen LogP contribution in [0.15, 0.2) is 39.5 Å². The number of hydrogen-bond acceptors (Lipinski definition) is 2. The second-order valence-corrected chi connectivity index (χ2v) is 5.95. The number of amides is 1. The van der Waals surface area contributed by atoms with Crippen LogP contribution in [-0.2, 0) is 0 Å². The largest absolute Gasteiger partial charge is 0.345 e. The quantitative estimate of drug-likeness (QED) is 0.862. The zero-order chi connectivity index (χ0) is 13.1. The highest BCUT2D eigenvalue weighted by atomic mass is 79.9. The van der Waals surface area contributed by atoms with Gasteiger partial charge in [-0.3, -0.25) is 4.79 Å². The minimum Gasteiger partial charge on any atom is -0.345 e. The van der Waals surface area contributed by atoms with Crippen molar-refractivity contribution >= 4 is 44.8 Å². The van der Waals surface area contributed by atoms with Gasteiger partial charge in [0.25, 0.3) is 5.91 Å². The molecule has 2 aromatic rings. The fraction of sp³-hybridized carbons (Fsp3) is 0.154. The monoisotopic (exact) mass is 343 g/mol. The Morgan fingerprint density at radius 2 is 2.22 bits per heavy atom. The van der Waals surface area contributed by atoms with Crippen molar-refractivity contribution in [3.05, 3.63) is 55.6 Å². The van der Waals surface area contributed by atoms with E-state index in [1.54, 1.807) is 29.5 Å². The van der Waals surface area contributed by atoms with E-state index in [1.165, 1.54) is 0 Å². The molecule has 1 N–H and O–H groups in total. The normalized spacial score (nSPS) is 12.2. The molecular formula is C13H11BrClNOS. The third-order valence-corrected chi connectivity index (χ3v) is 4.19. The topological polar surface area (TPSA) is 29.1 Å². The third-order valence-electron chi connectivity index (χ3n) is 2.56. The molecule has 0 spiro atoms. The molecule has 5 heteroatoms. The van der Waals surface area contributed by atoms with Gasteiger partial charge in [0.05, 0.1) is 11.6 Å². The number of nitrogens with one attached hydrogen (secondary N) is 1. The Labute approximate surface area is 123 Å². The molecule has 1 unspecified atom stereocenters. The van der Waals surface area contributed by atoms with Gasteiger partial charge in [0.15, 0.2) is 0 Å². The Bertz CT molecular complexity index is 556. The van der Waals surface area contributed by atoms with Crippen molar-refractivity contribution in [3.8, 4) is 0 Å². The lowest BCUT2D eigenvalue weighted by atomic mass is 10.1. The molecule has 18 heavy (non-hydrogen) atoms. The highest BCUT2D eigenvalue weighted by molar-refractivity contribution is 9.10. The summed E-state index contributed by atoms with van der Waals surface area (Å²) in [7, 11) is 0. The molecule has 94 valence electrons. The van der Waals surface area contributed by atoms with E-state index in [4.69, 9.17) is 11.6 Å². The van der Waals surface area contributed by atoms with Gasteiger partial charge >= 0.3 is 0 Å². The van der Waals surface area contributed by atoms with Crippen LogP contribution in [0.1, 0.15) is 28.9 Å². The Morgan fingerprint density at radius 1 is 1.44 bits per heavy atom. The summed E-state index contributed by atoms with van der Waals surface area (Å²) >= 11 is 10.9. The number of halogens is 2. The van der Waals surface area contributed by atoms with Gasteiger partial charge in [-0.1, -0.05) is 11.6 Å². The molecule has 0 bridgehead atoms. The molecule has 1 heterocycles. The molecule has 0 aliphatic carbocycles. The van der Waals surface area contributed by atoms with Crippen molar-refractivity contribution in [2.45, 2.75) is 13.0 Å². The van der Waals surface area contributed by atoms with Crippen LogP contribution < -0.4 is 5.32 Å². The van der Waals surface area contributed by atoms with Crippen molar-refractivity contribution in [3.63, 3.8) is 0 Å². The van der Waals surface area contributed by atoms with Crippen LogP contribution in [0.2, 0.25) is 5.02 Å². The average molecular weight is 345 g/mol. The molecule has 2 rings (SSSR count). The zero-order valence-electron chi connectivity index (χ0n) is 9.61. The maximum Gasteiger partial charge on any atom is 0.252 e. The zero-order valence-corrected chi connectivity index (χ0v) is 12.8. The Hall–Kier alpha value is -0.840. The summed E-state index contributed by atoms with van der Waals surface area (Å²) in [6.07, 6.45) is 0. The van der Waals surface area contributed by atoms with Gasteiger partial charge in [-0.25, -0.2) is 0 Å². The van der Waals surface area contributed by atoms with Gasteiger partial charge in [0.2, 0.25) is 0 Å². The SMILES string of the molecule is CC(NC(=O)c1cc(Cl)ccc1Br)c1ccsc1. The van der Waals surface area contributed by atoms with Gasteiger partial charge < -0.3 is 5.32 Å². The van der Waals surface area contributed by atoms with Gasteiger partial charge in [0, 0.05) is 9.50 Å². The maximum absolute atomic E-state index is 12.1. The smallest absolute Gasteiger partial charge is 0.252 e. The molecule has 1 aromatic heterocycles. The molecule has 0 radical (unpaired) electrons. The van der Waals surface area contributed by atoms with Crippen LogP contribution in [0.4, 0.5) is 0 Å². The molecule has 0 saturated carbocycles. The van der Waals surface area contributed by atoms with Crippen LogP contribution in [0.3, 0.4) is 0 Å². The van der Waals surface area contributed by atoms with E-state index in [-0.39, 0.29) is 11.9 Å². The first-order valence-corrected chi connectivity index (χ1v) is 7.47. The highest BCUT2D eigenvalue weighted by Gasteiger charge is 2.14. The van der Waals surface area contributed by atoms with E-state index in [0.29, 0.717) is 10.6 Å². The Balaban J connectivity index is 2.15. The summed E-state index contributed by atoms with van der Waals surface area (Å²) in [5.74, 6) is -0.136. The number of carbonyl (C=O) groups is 1. The molecule has 1 aromatic carbocycles. The number of thiophene rings is 1. The van der Waals surface area contributed by atoms with Crippen molar-refractivity contribution < 1.29 is 4.79 Å². The van der Waals surface area contributed by atoms with Gasteiger partial charge in [-0.2, -0.15) is 11.3 Å². The van der Waals surface area contributed by atoms with Crippen LogP contribution in [0.5, 0.6) is 0 Å². The minimum atomic E-state index is -0.136. The summed E-state index contributed by atoms with van der Waals surface area (Å²) in [6, 6.07) is 7.15. The van der Waals surface area contributed by atoms with E-state index in [1.807, 2.05) is 23.8 Å². The minimum absolute atomic E-state index is 0.0189. The van der Waals surface area contributed by atoms with Crippen LogP contribution in [-0.4, -0.2) is 5.91 Å². The fourth-order valence-electron chi connectivity index (χ4n) is 1.55. The van der Waals surface area contributed by atoms with Gasteiger partial charge in [0.1, 0.15) is 0 Å². The first-order chi connectivity index (χ1) is 8.58. The first kappa shape index (κ1) is 13.6. The third kappa shape index (κ3) is 3.13.